The predicted molar refractivity (Wildman–Crippen MR) is 67.2 cm³/mol. The van der Waals surface area contributed by atoms with Gasteiger partial charge < -0.3 is 9.73 Å². The zero-order valence-corrected chi connectivity index (χ0v) is 10.8. The van der Waals surface area contributed by atoms with Crippen molar-refractivity contribution in [3.05, 3.63) is 52.4 Å². The fourth-order valence-electron chi connectivity index (χ4n) is 1.60. The van der Waals surface area contributed by atoms with Crippen molar-refractivity contribution in [3.63, 3.8) is 0 Å². The fourth-order valence-corrected chi connectivity index (χ4v) is 1.84. The van der Waals surface area contributed by atoms with Crippen LogP contribution in [-0.4, -0.2) is 0 Å². The molecule has 0 spiro atoms. The van der Waals surface area contributed by atoms with E-state index in [0.717, 1.165) is 23.5 Å². The van der Waals surface area contributed by atoms with Crippen molar-refractivity contribution in [1.82, 2.24) is 0 Å². The van der Waals surface area contributed by atoms with Crippen LogP contribution in [0.25, 0.3) is 0 Å². The van der Waals surface area contributed by atoms with E-state index in [1.807, 2.05) is 13.0 Å². The van der Waals surface area contributed by atoms with Crippen LogP contribution in [0.3, 0.4) is 0 Å². The fraction of sp³-hybridized carbons (Fsp3) is 0.231. The van der Waals surface area contributed by atoms with Crippen molar-refractivity contribution in [2.45, 2.75) is 19.6 Å². The van der Waals surface area contributed by atoms with E-state index in [9.17, 15) is 13.2 Å². The molecule has 0 atom stereocenters. The lowest BCUT2D eigenvalue weighted by atomic mass is 10.2. The van der Waals surface area contributed by atoms with Gasteiger partial charge in [-0.15, -0.1) is 0 Å². The molecule has 0 aliphatic heterocycles. The van der Waals surface area contributed by atoms with Gasteiger partial charge in [-0.25, -0.2) is 0 Å². The van der Waals surface area contributed by atoms with Crippen LogP contribution in [0.1, 0.15) is 16.9 Å². The minimum Gasteiger partial charge on any atom is -0.467 e. The Balaban J connectivity index is 2.12. The Morgan fingerprint density at radius 3 is 2.53 bits per heavy atom. The number of nitrogens with one attached hydrogen (secondary N) is 1. The molecule has 0 unspecified atom stereocenters. The molecule has 2 aromatic rings. The minimum atomic E-state index is -4.39. The average molecular weight is 290 g/mol. The van der Waals surface area contributed by atoms with Crippen molar-refractivity contribution in [3.8, 4) is 0 Å². The number of rotatable bonds is 3. The molecule has 1 aromatic carbocycles. The Bertz CT molecular complexity index is 578. The van der Waals surface area contributed by atoms with Crippen LogP contribution < -0.4 is 5.32 Å². The number of anilines is 1. The molecule has 6 heteroatoms. The van der Waals surface area contributed by atoms with Gasteiger partial charge in [0.2, 0.25) is 0 Å². The van der Waals surface area contributed by atoms with Gasteiger partial charge in [0.25, 0.3) is 0 Å². The summed E-state index contributed by atoms with van der Waals surface area (Å²) in [7, 11) is 0. The number of benzene rings is 1. The normalized spacial score (nSPS) is 11.6. The second-order valence-electron chi connectivity index (χ2n) is 4.07. The standard InChI is InChI=1S/C13H11ClF3NO/c1-8-4-5-19-12(8)7-18-11-3-2-9(6-10(11)14)13(15,16)17/h2-6,18H,7H2,1H3. The van der Waals surface area contributed by atoms with Gasteiger partial charge in [-0.05, 0) is 36.8 Å². The highest BCUT2D eigenvalue weighted by atomic mass is 35.5. The lowest BCUT2D eigenvalue weighted by Gasteiger charge is -2.11. The highest BCUT2D eigenvalue weighted by molar-refractivity contribution is 6.33. The summed E-state index contributed by atoms with van der Waals surface area (Å²) in [6.45, 7) is 2.25. The molecule has 2 nitrogen and oxygen atoms in total. The number of hydrogen-bond acceptors (Lipinski definition) is 2. The van der Waals surface area contributed by atoms with E-state index in [0.29, 0.717) is 12.2 Å². The van der Waals surface area contributed by atoms with Crippen LogP contribution in [-0.2, 0) is 12.7 Å². The molecule has 102 valence electrons. The summed E-state index contributed by atoms with van der Waals surface area (Å²) in [6, 6.07) is 5.01. The van der Waals surface area contributed by atoms with Gasteiger partial charge in [0.15, 0.2) is 0 Å². The van der Waals surface area contributed by atoms with Gasteiger partial charge in [-0.2, -0.15) is 13.2 Å². The second kappa shape index (κ2) is 5.17. The number of alkyl halides is 3. The summed E-state index contributed by atoms with van der Waals surface area (Å²) in [5.41, 5.74) is 0.637. The molecule has 0 fully saturated rings. The molecule has 0 radical (unpaired) electrons. The number of furan rings is 1. The van der Waals surface area contributed by atoms with E-state index in [2.05, 4.69) is 5.32 Å². The maximum Gasteiger partial charge on any atom is 0.416 e. The van der Waals surface area contributed by atoms with Crippen LogP contribution in [0.5, 0.6) is 0 Å². The summed E-state index contributed by atoms with van der Waals surface area (Å²) < 4.78 is 42.6. The Labute approximate surface area is 113 Å². The van der Waals surface area contributed by atoms with Crippen LogP contribution >= 0.6 is 11.6 Å². The molecule has 0 aliphatic carbocycles. The lowest BCUT2D eigenvalue weighted by molar-refractivity contribution is -0.137. The van der Waals surface area contributed by atoms with E-state index < -0.39 is 11.7 Å². The first-order valence-corrected chi connectivity index (χ1v) is 5.89. The summed E-state index contributed by atoms with van der Waals surface area (Å²) in [5.74, 6) is 0.718. The number of hydrogen-bond donors (Lipinski definition) is 1. The Morgan fingerprint density at radius 1 is 1.26 bits per heavy atom. The van der Waals surface area contributed by atoms with Crippen LogP contribution in [0.2, 0.25) is 5.02 Å². The van der Waals surface area contributed by atoms with E-state index >= 15 is 0 Å². The maximum absolute atomic E-state index is 12.5. The summed E-state index contributed by atoms with van der Waals surface area (Å²) in [5, 5.41) is 2.97. The van der Waals surface area contributed by atoms with E-state index in [4.69, 9.17) is 16.0 Å². The van der Waals surface area contributed by atoms with Crippen LogP contribution in [0, 0.1) is 6.92 Å². The van der Waals surface area contributed by atoms with E-state index in [1.165, 1.54) is 6.07 Å². The second-order valence-corrected chi connectivity index (χ2v) is 4.48. The predicted octanol–water partition coefficient (Wildman–Crippen LogP) is 4.87. The highest BCUT2D eigenvalue weighted by Crippen LogP contribution is 2.33. The topological polar surface area (TPSA) is 25.2 Å². The molecule has 0 saturated carbocycles. The molecule has 0 amide bonds. The molecule has 2 rings (SSSR count). The van der Waals surface area contributed by atoms with Crippen molar-refractivity contribution in [2.24, 2.45) is 0 Å². The first-order chi connectivity index (χ1) is 8.88. The van der Waals surface area contributed by atoms with Crippen molar-refractivity contribution < 1.29 is 17.6 Å². The molecule has 1 heterocycles. The molecule has 0 aliphatic rings. The van der Waals surface area contributed by atoms with Crippen LogP contribution in [0.4, 0.5) is 18.9 Å². The van der Waals surface area contributed by atoms with Gasteiger partial charge >= 0.3 is 6.18 Å². The summed E-state index contributed by atoms with van der Waals surface area (Å²) in [4.78, 5) is 0. The Hall–Kier alpha value is -1.62. The zero-order chi connectivity index (χ0) is 14.0. The van der Waals surface area contributed by atoms with E-state index in [1.54, 1.807) is 6.26 Å². The molecule has 0 bridgehead atoms. The van der Waals surface area contributed by atoms with Gasteiger partial charge in [0.1, 0.15) is 5.76 Å². The molecule has 19 heavy (non-hydrogen) atoms. The highest BCUT2D eigenvalue weighted by Gasteiger charge is 2.30. The van der Waals surface area contributed by atoms with Gasteiger partial charge in [-0.1, -0.05) is 11.6 Å². The molecule has 1 aromatic heterocycles. The van der Waals surface area contributed by atoms with E-state index in [-0.39, 0.29) is 5.02 Å². The van der Waals surface area contributed by atoms with Crippen LogP contribution in [0.15, 0.2) is 34.9 Å². The molecular weight excluding hydrogens is 279 g/mol. The smallest absolute Gasteiger partial charge is 0.416 e. The van der Waals surface area contributed by atoms with Crippen molar-refractivity contribution >= 4 is 17.3 Å². The minimum absolute atomic E-state index is 0.0269. The third kappa shape index (κ3) is 3.23. The SMILES string of the molecule is Cc1ccoc1CNc1ccc(C(F)(F)F)cc1Cl. The lowest BCUT2D eigenvalue weighted by Crippen LogP contribution is -2.06. The Morgan fingerprint density at radius 2 is 2.00 bits per heavy atom. The third-order valence-electron chi connectivity index (χ3n) is 2.70. The zero-order valence-electron chi connectivity index (χ0n) is 10.0. The van der Waals surface area contributed by atoms with Gasteiger partial charge in [0.05, 0.1) is 29.1 Å². The largest absolute Gasteiger partial charge is 0.467 e. The number of halogens is 4. The first kappa shape index (κ1) is 13.8. The van der Waals surface area contributed by atoms with Crippen molar-refractivity contribution in [2.75, 3.05) is 5.32 Å². The quantitative estimate of drug-likeness (QED) is 0.872. The monoisotopic (exact) mass is 289 g/mol. The first-order valence-electron chi connectivity index (χ1n) is 5.51. The molecular formula is C13H11ClF3NO. The molecule has 0 saturated heterocycles. The summed E-state index contributed by atoms with van der Waals surface area (Å²) in [6.07, 6.45) is -2.83. The third-order valence-corrected chi connectivity index (χ3v) is 3.02. The molecule has 1 N–H and O–H groups in total. The van der Waals surface area contributed by atoms with Gasteiger partial charge in [0, 0.05) is 0 Å². The summed E-state index contributed by atoms with van der Waals surface area (Å²) >= 11 is 5.82. The maximum atomic E-state index is 12.5. The van der Waals surface area contributed by atoms with Gasteiger partial charge in [-0.3, -0.25) is 0 Å². The number of aryl methyl sites for hydroxylation is 1. The van der Waals surface area contributed by atoms with Crippen molar-refractivity contribution in [1.29, 1.82) is 0 Å². The average Bonchev–Trinajstić information content (AvgIpc) is 2.72. The Kier molecular flexibility index (Phi) is 3.75.